The van der Waals surface area contributed by atoms with E-state index in [2.05, 4.69) is 4.98 Å². The zero-order valence-electron chi connectivity index (χ0n) is 18.8. The Morgan fingerprint density at radius 2 is 1.88 bits per heavy atom. The van der Waals surface area contributed by atoms with Crippen molar-refractivity contribution in [3.63, 3.8) is 0 Å². The zero-order chi connectivity index (χ0) is 23.6. The summed E-state index contributed by atoms with van der Waals surface area (Å²) >= 11 is 0. The summed E-state index contributed by atoms with van der Waals surface area (Å²) in [6, 6.07) is 10.2. The Labute approximate surface area is 192 Å². The van der Waals surface area contributed by atoms with Gasteiger partial charge in [0.2, 0.25) is 17.7 Å². The number of esters is 1. The van der Waals surface area contributed by atoms with Gasteiger partial charge in [-0.3, -0.25) is 24.3 Å². The summed E-state index contributed by atoms with van der Waals surface area (Å²) in [4.78, 5) is 59.3. The number of ether oxygens (including phenoxy) is 1. The van der Waals surface area contributed by atoms with Gasteiger partial charge in [0.15, 0.2) is 0 Å². The Kier molecular flexibility index (Phi) is 6.26. The number of rotatable bonds is 6. The summed E-state index contributed by atoms with van der Waals surface area (Å²) < 4.78 is 4.87. The molecule has 0 spiro atoms. The van der Waals surface area contributed by atoms with Gasteiger partial charge in [-0.25, -0.2) is 4.79 Å². The molecule has 172 valence electrons. The first-order chi connectivity index (χ1) is 15.9. The average molecular weight is 450 g/mol. The first-order valence-corrected chi connectivity index (χ1v) is 11.0. The molecule has 0 saturated carbocycles. The molecule has 0 N–H and O–H groups in total. The second-order valence-electron chi connectivity index (χ2n) is 8.66. The Hall–Kier alpha value is -3.55. The van der Waals surface area contributed by atoms with Crippen molar-refractivity contribution >= 4 is 23.7 Å². The number of carbonyl (C=O) groups excluding carboxylic acids is 4. The molecule has 3 amide bonds. The number of aromatic nitrogens is 1. The normalized spacial score (nSPS) is 22.7. The summed E-state index contributed by atoms with van der Waals surface area (Å²) in [6.07, 6.45) is 4.16. The van der Waals surface area contributed by atoms with Gasteiger partial charge in [0.05, 0.1) is 19.1 Å². The predicted octanol–water partition coefficient (Wildman–Crippen LogP) is 2.14. The van der Waals surface area contributed by atoms with Crippen LogP contribution in [0.3, 0.4) is 0 Å². The number of pyridine rings is 1. The molecule has 0 radical (unpaired) electrons. The molecule has 2 aromatic rings. The lowest BCUT2D eigenvalue weighted by atomic mass is 9.74. The Morgan fingerprint density at radius 3 is 2.58 bits per heavy atom. The second kappa shape index (κ2) is 9.13. The largest absolute Gasteiger partial charge is 0.467 e. The van der Waals surface area contributed by atoms with Gasteiger partial charge < -0.3 is 9.64 Å². The molecule has 2 aliphatic rings. The van der Waals surface area contributed by atoms with E-state index in [1.165, 1.54) is 16.9 Å². The maximum Gasteiger partial charge on any atom is 0.328 e. The molecule has 4 rings (SSSR count). The van der Waals surface area contributed by atoms with Crippen molar-refractivity contribution in [1.29, 1.82) is 0 Å². The number of nitrogens with zero attached hydrogens (tertiary/aromatic N) is 3. The lowest BCUT2D eigenvalue weighted by molar-refractivity contribution is -0.151. The molecule has 8 heteroatoms. The molecule has 2 atom stereocenters. The molecule has 0 bridgehead atoms. The number of methoxy groups -OCH3 is 1. The third-order valence-electron chi connectivity index (χ3n) is 6.66. The van der Waals surface area contributed by atoms with Crippen molar-refractivity contribution in [3.8, 4) is 0 Å². The fraction of sp³-hybridized carbons (Fsp3) is 0.400. The smallest absolute Gasteiger partial charge is 0.328 e. The van der Waals surface area contributed by atoms with Crippen LogP contribution in [0.5, 0.6) is 0 Å². The predicted molar refractivity (Wildman–Crippen MR) is 119 cm³/mol. The summed E-state index contributed by atoms with van der Waals surface area (Å²) in [7, 11) is 1.30. The fourth-order valence-corrected chi connectivity index (χ4v) is 4.99. The number of hydrogen-bond acceptors (Lipinski definition) is 6. The molecular formula is C25H27N3O5. The van der Waals surface area contributed by atoms with Crippen molar-refractivity contribution in [1.82, 2.24) is 14.8 Å². The van der Waals surface area contributed by atoms with E-state index in [0.29, 0.717) is 24.9 Å². The highest BCUT2D eigenvalue weighted by atomic mass is 16.5. The molecule has 1 aromatic carbocycles. The number of carbonyl (C=O) groups is 4. The molecule has 2 saturated heterocycles. The molecule has 33 heavy (non-hydrogen) atoms. The maximum absolute atomic E-state index is 13.8. The third-order valence-corrected chi connectivity index (χ3v) is 6.66. The first kappa shape index (κ1) is 22.6. The molecule has 0 aliphatic carbocycles. The van der Waals surface area contributed by atoms with Crippen LogP contribution in [0.15, 0.2) is 48.8 Å². The van der Waals surface area contributed by atoms with E-state index in [1.54, 1.807) is 24.5 Å². The molecule has 8 nitrogen and oxygen atoms in total. The summed E-state index contributed by atoms with van der Waals surface area (Å²) in [5, 5.41) is 0. The minimum atomic E-state index is -1.31. The highest BCUT2D eigenvalue weighted by Crippen LogP contribution is 2.42. The molecule has 3 heterocycles. The molecule has 0 unspecified atom stereocenters. The SMILES string of the molecule is COC(=O)[C@@H]1CCCN1C(=O)C[C@]1(c2ccccc2C)CC(=O)N(Cc2ccncc2)C1=O. The molecule has 2 aliphatic heterocycles. The van der Waals surface area contributed by atoms with Gasteiger partial charge in [-0.2, -0.15) is 0 Å². The highest BCUT2D eigenvalue weighted by molar-refractivity contribution is 6.11. The Morgan fingerprint density at radius 1 is 1.15 bits per heavy atom. The number of imide groups is 1. The van der Waals surface area contributed by atoms with E-state index in [-0.39, 0.29) is 37.1 Å². The van der Waals surface area contributed by atoms with Gasteiger partial charge in [0, 0.05) is 31.8 Å². The molecule has 1 aromatic heterocycles. The van der Waals surface area contributed by atoms with Crippen molar-refractivity contribution in [2.45, 2.75) is 50.6 Å². The monoisotopic (exact) mass is 449 g/mol. The van der Waals surface area contributed by atoms with Crippen LogP contribution in [-0.4, -0.2) is 58.2 Å². The van der Waals surface area contributed by atoms with Crippen LogP contribution in [0.2, 0.25) is 0 Å². The van der Waals surface area contributed by atoms with Gasteiger partial charge in [-0.1, -0.05) is 24.3 Å². The van der Waals surface area contributed by atoms with Gasteiger partial charge in [-0.15, -0.1) is 0 Å². The van der Waals surface area contributed by atoms with E-state index in [1.807, 2.05) is 31.2 Å². The summed E-state index contributed by atoms with van der Waals surface area (Å²) in [5.74, 6) is -1.49. The third kappa shape index (κ3) is 4.13. The number of benzene rings is 1. The lowest BCUT2D eigenvalue weighted by Gasteiger charge is -2.31. The maximum atomic E-state index is 13.8. The highest BCUT2D eigenvalue weighted by Gasteiger charge is 2.55. The number of hydrogen-bond donors (Lipinski definition) is 0. The molecular weight excluding hydrogens is 422 g/mol. The Balaban J connectivity index is 1.69. The first-order valence-electron chi connectivity index (χ1n) is 11.0. The standard InChI is InChI=1S/C25H27N3O5/c1-17-6-3-4-7-19(17)25(14-21(29)27-13-5-8-20(27)23(31)33-2)15-22(30)28(24(25)32)16-18-9-11-26-12-10-18/h3-4,6-7,9-12,20H,5,8,13-16H2,1-2H3/t20-,25+/m0/s1. The van der Waals surface area contributed by atoms with E-state index in [9.17, 15) is 19.2 Å². The van der Waals surface area contributed by atoms with Crippen molar-refractivity contribution in [2.75, 3.05) is 13.7 Å². The lowest BCUT2D eigenvalue weighted by Crippen LogP contribution is -2.46. The minimum Gasteiger partial charge on any atom is -0.467 e. The van der Waals surface area contributed by atoms with Gasteiger partial charge in [-0.05, 0) is 48.6 Å². The van der Waals surface area contributed by atoms with Crippen molar-refractivity contribution in [3.05, 3.63) is 65.5 Å². The van der Waals surface area contributed by atoms with Gasteiger partial charge >= 0.3 is 5.97 Å². The molecule has 2 fully saturated rings. The number of likely N-dealkylation sites (tertiary alicyclic amines) is 2. The number of aryl methyl sites for hydroxylation is 1. The quantitative estimate of drug-likeness (QED) is 0.495. The van der Waals surface area contributed by atoms with Gasteiger partial charge in [0.25, 0.3) is 0 Å². The Bertz CT molecular complexity index is 1090. The van der Waals surface area contributed by atoms with Crippen LogP contribution in [0.1, 0.15) is 42.4 Å². The summed E-state index contributed by atoms with van der Waals surface area (Å²) in [6.45, 7) is 2.42. The van der Waals surface area contributed by atoms with Crippen molar-refractivity contribution < 1.29 is 23.9 Å². The fourth-order valence-electron chi connectivity index (χ4n) is 4.99. The van der Waals surface area contributed by atoms with Crippen LogP contribution < -0.4 is 0 Å². The van der Waals surface area contributed by atoms with E-state index in [4.69, 9.17) is 4.74 Å². The van der Waals surface area contributed by atoms with Crippen molar-refractivity contribution in [2.24, 2.45) is 0 Å². The van der Waals surface area contributed by atoms with Crippen LogP contribution in [0.25, 0.3) is 0 Å². The minimum absolute atomic E-state index is 0.0930. The summed E-state index contributed by atoms with van der Waals surface area (Å²) in [5.41, 5.74) is 0.977. The zero-order valence-corrected chi connectivity index (χ0v) is 18.8. The topological polar surface area (TPSA) is 96.9 Å². The average Bonchev–Trinajstić information content (AvgIpc) is 3.40. The van der Waals surface area contributed by atoms with E-state index >= 15 is 0 Å². The van der Waals surface area contributed by atoms with Crippen LogP contribution >= 0.6 is 0 Å². The van der Waals surface area contributed by atoms with Crippen LogP contribution in [0.4, 0.5) is 0 Å². The second-order valence-corrected chi connectivity index (χ2v) is 8.66. The van der Waals surface area contributed by atoms with Gasteiger partial charge in [0.1, 0.15) is 6.04 Å². The van der Waals surface area contributed by atoms with E-state index < -0.39 is 17.4 Å². The number of amides is 3. The van der Waals surface area contributed by atoms with Crippen LogP contribution in [0, 0.1) is 6.92 Å². The van der Waals surface area contributed by atoms with E-state index in [0.717, 1.165) is 11.1 Å². The van der Waals surface area contributed by atoms with Crippen LogP contribution in [-0.2, 0) is 35.9 Å².